The van der Waals surface area contributed by atoms with E-state index in [1.807, 2.05) is 19.0 Å². The van der Waals surface area contributed by atoms with Crippen molar-refractivity contribution in [2.75, 3.05) is 40.0 Å². The summed E-state index contributed by atoms with van der Waals surface area (Å²) in [5, 5.41) is 3.41. The van der Waals surface area contributed by atoms with E-state index in [4.69, 9.17) is 11.6 Å². The first-order valence-electron chi connectivity index (χ1n) is 7.79. The van der Waals surface area contributed by atoms with E-state index >= 15 is 0 Å². The van der Waals surface area contributed by atoms with E-state index in [1.54, 1.807) is 24.3 Å². The molecule has 0 aliphatic rings. The number of rotatable bonds is 10. The van der Waals surface area contributed by atoms with E-state index in [0.29, 0.717) is 11.6 Å². The molecule has 0 aliphatic carbocycles. The highest BCUT2D eigenvalue weighted by atomic mass is 35.5. The lowest BCUT2D eigenvalue weighted by molar-refractivity contribution is -0.121. The molecular formula is C16H26ClN3O3S. The molecule has 0 aliphatic heterocycles. The molecule has 0 spiro atoms. The van der Waals surface area contributed by atoms with Crippen molar-refractivity contribution in [2.45, 2.75) is 19.4 Å². The summed E-state index contributed by atoms with van der Waals surface area (Å²) in [7, 11) is 0.558. The van der Waals surface area contributed by atoms with Crippen LogP contribution in [0.2, 0.25) is 5.02 Å². The highest BCUT2D eigenvalue weighted by Crippen LogP contribution is 2.13. The third-order valence-electron chi connectivity index (χ3n) is 3.43. The minimum absolute atomic E-state index is 0.140. The SMILES string of the molecule is CN(C)CCCNC(=O)CCN(Cc1ccc(Cl)cc1)S(C)(=O)=O. The zero-order valence-corrected chi connectivity index (χ0v) is 16.0. The lowest BCUT2D eigenvalue weighted by atomic mass is 10.2. The zero-order valence-electron chi connectivity index (χ0n) is 14.5. The second kappa shape index (κ2) is 9.98. The number of amides is 1. The molecule has 1 aromatic rings. The summed E-state index contributed by atoms with van der Waals surface area (Å²) in [6, 6.07) is 6.99. The Morgan fingerprint density at radius 3 is 2.33 bits per heavy atom. The first-order chi connectivity index (χ1) is 11.2. The third-order valence-corrected chi connectivity index (χ3v) is 4.94. The Kier molecular flexibility index (Phi) is 8.69. The normalized spacial score (nSPS) is 11.9. The summed E-state index contributed by atoms with van der Waals surface area (Å²) in [6.45, 7) is 1.87. The van der Waals surface area contributed by atoms with Crippen molar-refractivity contribution in [3.63, 3.8) is 0 Å². The van der Waals surface area contributed by atoms with Crippen LogP contribution in [0.3, 0.4) is 0 Å². The molecule has 0 unspecified atom stereocenters. The van der Waals surface area contributed by atoms with Gasteiger partial charge in [0, 0.05) is 31.1 Å². The monoisotopic (exact) mass is 375 g/mol. The Hall–Kier alpha value is -1.15. The second-order valence-corrected chi connectivity index (χ2v) is 8.40. The van der Waals surface area contributed by atoms with Crippen LogP contribution in [-0.4, -0.2) is 63.5 Å². The van der Waals surface area contributed by atoms with Gasteiger partial charge in [-0.15, -0.1) is 0 Å². The van der Waals surface area contributed by atoms with Crippen molar-refractivity contribution in [2.24, 2.45) is 0 Å². The quantitative estimate of drug-likeness (QED) is 0.630. The van der Waals surface area contributed by atoms with Crippen molar-refractivity contribution in [1.82, 2.24) is 14.5 Å². The summed E-state index contributed by atoms with van der Waals surface area (Å²) < 4.78 is 25.1. The molecule has 0 atom stereocenters. The van der Waals surface area contributed by atoms with Crippen LogP contribution in [0.1, 0.15) is 18.4 Å². The molecule has 1 amide bonds. The van der Waals surface area contributed by atoms with Crippen molar-refractivity contribution in [3.05, 3.63) is 34.9 Å². The number of hydrogen-bond donors (Lipinski definition) is 1. The molecule has 0 heterocycles. The van der Waals surface area contributed by atoms with Crippen molar-refractivity contribution >= 4 is 27.5 Å². The van der Waals surface area contributed by atoms with Gasteiger partial charge in [0.25, 0.3) is 0 Å². The van der Waals surface area contributed by atoms with Gasteiger partial charge < -0.3 is 10.2 Å². The Morgan fingerprint density at radius 2 is 1.79 bits per heavy atom. The van der Waals surface area contributed by atoms with Gasteiger partial charge in [0.05, 0.1) is 6.26 Å². The van der Waals surface area contributed by atoms with Crippen LogP contribution < -0.4 is 5.32 Å². The number of hydrogen-bond acceptors (Lipinski definition) is 4. The summed E-state index contributed by atoms with van der Waals surface area (Å²) >= 11 is 5.83. The molecule has 0 fully saturated rings. The van der Waals surface area contributed by atoms with Gasteiger partial charge in [-0.05, 0) is 44.8 Å². The van der Waals surface area contributed by atoms with Gasteiger partial charge in [-0.2, -0.15) is 4.31 Å². The number of nitrogens with zero attached hydrogens (tertiary/aromatic N) is 2. The number of carbonyl (C=O) groups excluding carboxylic acids is 1. The Balaban J connectivity index is 2.49. The topological polar surface area (TPSA) is 69.7 Å². The Morgan fingerprint density at radius 1 is 1.17 bits per heavy atom. The molecule has 8 heteroatoms. The van der Waals surface area contributed by atoms with Crippen molar-refractivity contribution in [3.8, 4) is 0 Å². The van der Waals surface area contributed by atoms with Gasteiger partial charge in [-0.3, -0.25) is 4.79 Å². The predicted molar refractivity (Wildman–Crippen MR) is 97.5 cm³/mol. The highest BCUT2D eigenvalue weighted by Gasteiger charge is 2.18. The van der Waals surface area contributed by atoms with Gasteiger partial charge in [-0.1, -0.05) is 23.7 Å². The maximum absolute atomic E-state index is 11.9. The average Bonchev–Trinajstić information content (AvgIpc) is 2.48. The van der Waals surface area contributed by atoms with E-state index in [9.17, 15) is 13.2 Å². The Labute approximate surface area is 149 Å². The van der Waals surface area contributed by atoms with Gasteiger partial charge >= 0.3 is 0 Å². The molecule has 0 radical (unpaired) electrons. The third kappa shape index (κ3) is 8.63. The standard InChI is InChI=1S/C16H26ClN3O3S/c1-19(2)11-4-10-18-16(21)9-12-20(24(3,22)23)13-14-5-7-15(17)8-6-14/h5-8H,4,9-13H2,1-3H3,(H,18,21). The maximum Gasteiger partial charge on any atom is 0.221 e. The molecular weight excluding hydrogens is 350 g/mol. The van der Waals surface area contributed by atoms with Crippen LogP contribution in [0.4, 0.5) is 0 Å². The van der Waals surface area contributed by atoms with Crippen molar-refractivity contribution in [1.29, 1.82) is 0 Å². The van der Waals surface area contributed by atoms with Gasteiger partial charge in [0.1, 0.15) is 0 Å². The Bertz CT molecular complexity index is 618. The number of sulfonamides is 1. The first kappa shape index (κ1) is 20.9. The van der Waals surface area contributed by atoms with E-state index < -0.39 is 10.0 Å². The van der Waals surface area contributed by atoms with Crippen LogP contribution in [-0.2, 0) is 21.4 Å². The van der Waals surface area contributed by atoms with Gasteiger partial charge in [0.2, 0.25) is 15.9 Å². The van der Waals surface area contributed by atoms with Crippen LogP contribution in [0.25, 0.3) is 0 Å². The molecule has 6 nitrogen and oxygen atoms in total. The number of halogens is 1. The van der Waals surface area contributed by atoms with Crippen molar-refractivity contribution < 1.29 is 13.2 Å². The van der Waals surface area contributed by atoms with Gasteiger partial charge in [-0.25, -0.2) is 8.42 Å². The van der Waals surface area contributed by atoms with Crippen LogP contribution in [0.5, 0.6) is 0 Å². The van der Waals surface area contributed by atoms with Crippen LogP contribution in [0, 0.1) is 0 Å². The fourth-order valence-corrected chi connectivity index (χ4v) is 3.03. The fraction of sp³-hybridized carbons (Fsp3) is 0.562. The molecule has 1 rings (SSSR count). The van der Waals surface area contributed by atoms with E-state index in [0.717, 1.165) is 24.8 Å². The molecule has 1 aromatic carbocycles. The van der Waals surface area contributed by atoms with Gasteiger partial charge in [0.15, 0.2) is 0 Å². The zero-order chi connectivity index (χ0) is 18.2. The molecule has 136 valence electrons. The molecule has 0 saturated carbocycles. The van der Waals surface area contributed by atoms with Crippen LogP contribution in [0.15, 0.2) is 24.3 Å². The smallest absolute Gasteiger partial charge is 0.221 e. The molecule has 0 bridgehead atoms. The summed E-state index contributed by atoms with van der Waals surface area (Å²) in [5.74, 6) is -0.140. The average molecular weight is 376 g/mol. The number of nitrogens with one attached hydrogen (secondary N) is 1. The van der Waals surface area contributed by atoms with E-state index in [2.05, 4.69) is 5.32 Å². The maximum atomic E-state index is 11.9. The first-order valence-corrected chi connectivity index (χ1v) is 10.0. The predicted octanol–water partition coefficient (Wildman–Crippen LogP) is 1.56. The minimum atomic E-state index is -3.39. The molecule has 0 saturated heterocycles. The number of benzene rings is 1. The lowest BCUT2D eigenvalue weighted by Crippen LogP contribution is -2.34. The molecule has 1 N–H and O–H groups in total. The summed E-state index contributed by atoms with van der Waals surface area (Å²) in [4.78, 5) is 13.9. The molecule has 0 aromatic heterocycles. The molecule has 24 heavy (non-hydrogen) atoms. The number of carbonyl (C=O) groups is 1. The van der Waals surface area contributed by atoms with Crippen LogP contribution >= 0.6 is 11.6 Å². The minimum Gasteiger partial charge on any atom is -0.356 e. The van der Waals surface area contributed by atoms with E-state index in [1.165, 1.54) is 4.31 Å². The second-order valence-electron chi connectivity index (χ2n) is 5.98. The van der Waals surface area contributed by atoms with E-state index in [-0.39, 0.29) is 25.4 Å². The largest absolute Gasteiger partial charge is 0.356 e. The summed E-state index contributed by atoms with van der Waals surface area (Å²) in [6.07, 6.45) is 2.15. The fourth-order valence-electron chi connectivity index (χ4n) is 2.09. The highest BCUT2D eigenvalue weighted by molar-refractivity contribution is 7.88. The lowest BCUT2D eigenvalue weighted by Gasteiger charge is -2.20. The summed E-state index contributed by atoms with van der Waals surface area (Å²) in [5.41, 5.74) is 0.830.